The molecule has 1 aliphatic carbocycles. The van der Waals surface area contributed by atoms with Gasteiger partial charge in [-0.25, -0.2) is 4.52 Å². The van der Waals surface area contributed by atoms with Crippen molar-refractivity contribution in [2.75, 3.05) is 13.1 Å². The molecule has 0 saturated heterocycles. The molecule has 0 spiro atoms. The largest absolute Gasteiger partial charge is 0.351 e. The predicted molar refractivity (Wildman–Crippen MR) is 75.3 cm³/mol. The molecule has 0 atom stereocenters. The number of hydrogen-bond donors (Lipinski definition) is 2. The van der Waals surface area contributed by atoms with Gasteiger partial charge in [0.1, 0.15) is 0 Å². The van der Waals surface area contributed by atoms with Crippen molar-refractivity contribution in [2.45, 2.75) is 25.7 Å². The Morgan fingerprint density at radius 2 is 2.20 bits per heavy atom. The van der Waals surface area contributed by atoms with Gasteiger partial charge in [-0.3, -0.25) is 9.78 Å². The molecule has 2 heterocycles. The molecule has 3 rings (SSSR count). The number of carbonyl (C=O) groups excluding carboxylic acids is 1. The smallest absolute Gasteiger partial charge is 0.255 e. The summed E-state index contributed by atoms with van der Waals surface area (Å²) in [7, 11) is 0. The number of fused-ring (bicyclic) bond motifs is 1. The van der Waals surface area contributed by atoms with Crippen LogP contribution in [-0.2, 0) is 0 Å². The maximum Gasteiger partial charge on any atom is 0.255 e. The van der Waals surface area contributed by atoms with Gasteiger partial charge in [0.05, 0.1) is 23.5 Å². The molecule has 1 fully saturated rings. The highest BCUT2D eigenvalue weighted by Crippen LogP contribution is 2.36. The topological polar surface area (TPSA) is 85.3 Å². The molecule has 106 valence electrons. The molecule has 3 N–H and O–H groups in total. The molecule has 0 unspecified atom stereocenters. The highest BCUT2D eigenvalue weighted by Gasteiger charge is 2.32. The molecule has 20 heavy (non-hydrogen) atoms. The Morgan fingerprint density at radius 3 is 2.95 bits per heavy atom. The van der Waals surface area contributed by atoms with Gasteiger partial charge < -0.3 is 11.1 Å². The molecule has 1 aliphatic rings. The lowest BCUT2D eigenvalue weighted by atomic mass is 9.86. The second kappa shape index (κ2) is 5.20. The van der Waals surface area contributed by atoms with Gasteiger partial charge in [0.25, 0.3) is 5.91 Å². The zero-order valence-electron chi connectivity index (χ0n) is 11.4. The van der Waals surface area contributed by atoms with Gasteiger partial charge >= 0.3 is 0 Å². The van der Waals surface area contributed by atoms with E-state index in [0.717, 1.165) is 18.4 Å². The van der Waals surface area contributed by atoms with E-state index in [9.17, 15) is 4.79 Å². The first-order valence-electron chi connectivity index (χ1n) is 7.00. The van der Waals surface area contributed by atoms with Crippen LogP contribution in [-0.4, -0.2) is 33.6 Å². The molecule has 0 aliphatic heterocycles. The van der Waals surface area contributed by atoms with E-state index in [1.165, 1.54) is 12.8 Å². The lowest BCUT2D eigenvalue weighted by Crippen LogP contribution is -2.40. The second-order valence-corrected chi connectivity index (χ2v) is 5.56. The second-order valence-electron chi connectivity index (χ2n) is 5.56. The highest BCUT2D eigenvalue weighted by atomic mass is 16.1. The molecule has 6 nitrogen and oxygen atoms in total. The first-order valence-corrected chi connectivity index (χ1v) is 7.00. The van der Waals surface area contributed by atoms with E-state index in [2.05, 4.69) is 15.4 Å². The molecule has 1 amide bonds. The average molecular weight is 273 g/mol. The Labute approximate surface area is 117 Å². The number of nitrogens with one attached hydrogen (secondary N) is 1. The van der Waals surface area contributed by atoms with Crippen molar-refractivity contribution in [1.82, 2.24) is 19.9 Å². The predicted octanol–water partition coefficient (Wildman–Crippen LogP) is 0.978. The molecule has 2 aromatic rings. The zero-order valence-corrected chi connectivity index (χ0v) is 11.4. The van der Waals surface area contributed by atoms with Gasteiger partial charge in [-0.1, -0.05) is 12.8 Å². The van der Waals surface area contributed by atoms with E-state index in [1.54, 1.807) is 29.3 Å². The van der Waals surface area contributed by atoms with Gasteiger partial charge in [-0.05, 0) is 24.8 Å². The van der Waals surface area contributed by atoms with Gasteiger partial charge in [0.2, 0.25) is 0 Å². The monoisotopic (exact) mass is 273 g/mol. The van der Waals surface area contributed by atoms with Gasteiger partial charge in [-0.15, -0.1) is 0 Å². The number of amides is 1. The fourth-order valence-electron chi connectivity index (χ4n) is 2.95. The Hall–Kier alpha value is -1.95. The average Bonchev–Trinajstić information content (AvgIpc) is 3.12. The summed E-state index contributed by atoms with van der Waals surface area (Å²) in [4.78, 5) is 16.3. The molecule has 1 saturated carbocycles. The summed E-state index contributed by atoms with van der Waals surface area (Å²) in [6.07, 6.45) is 11.2. The van der Waals surface area contributed by atoms with E-state index in [4.69, 9.17) is 5.73 Å². The lowest BCUT2D eigenvalue weighted by Gasteiger charge is -2.27. The van der Waals surface area contributed by atoms with Crippen LogP contribution >= 0.6 is 0 Å². The van der Waals surface area contributed by atoms with Crippen LogP contribution in [0.25, 0.3) is 5.52 Å². The first kappa shape index (κ1) is 13.1. The van der Waals surface area contributed by atoms with Crippen LogP contribution in [0.3, 0.4) is 0 Å². The van der Waals surface area contributed by atoms with Crippen molar-refractivity contribution in [1.29, 1.82) is 0 Å². The SMILES string of the molecule is NCC1(CNC(=O)c2cnn3ccncc23)CCCC1. The highest BCUT2D eigenvalue weighted by molar-refractivity contribution is 6.00. The number of rotatable bonds is 4. The van der Waals surface area contributed by atoms with Crippen LogP contribution in [0.2, 0.25) is 0 Å². The van der Waals surface area contributed by atoms with Crippen LogP contribution in [0.15, 0.2) is 24.8 Å². The quantitative estimate of drug-likeness (QED) is 0.869. The minimum atomic E-state index is -0.104. The van der Waals surface area contributed by atoms with Crippen molar-refractivity contribution in [3.63, 3.8) is 0 Å². The minimum absolute atomic E-state index is 0.0802. The summed E-state index contributed by atoms with van der Waals surface area (Å²) in [5.74, 6) is -0.104. The summed E-state index contributed by atoms with van der Waals surface area (Å²) in [6.45, 7) is 1.27. The number of nitrogens with zero attached hydrogens (tertiary/aromatic N) is 3. The maximum absolute atomic E-state index is 12.3. The van der Waals surface area contributed by atoms with Crippen molar-refractivity contribution in [3.8, 4) is 0 Å². The lowest BCUT2D eigenvalue weighted by molar-refractivity contribution is 0.0933. The van der Waals surface area contributed by atoms with E-state index >= 15 is 0 Å². The van der Waals surface area contributed by atoms with E-state index in [1.807, 2.05) is 0 Å². The van der Waals surface area contributed by atoms with E-state index in [-0.39, 0.29) is 11.3 Å². The molecule has 0 aromatic carbocycles. The fourth-order valence-corrected chi connectivity index (χ4v) is 2.95. The summed E-state index contributed by atoms with van der Waals surface area (Å²) >= 11 is 0. The van der Waals surface area contributed by atoms with Crippen molar-refractivity contribution < 1.29 is 4.79 Å². The summed E-state index contributed by atoms with van der Waals surface area (Å²) < 4.78 is 1.65. The molecular formula is C14H19N5O. The number of hydrogen-bond acceptors (Lipinski definition) is 4. The van der Waals surface area contributed by atoms with Crippen LogP contribution in [0.1, 0.15) is 36.0 Å². The van der Waals surface area contributed by atoms with Crippen LogP contribution in [0.5, 0.6) is 0 Å². The number of carbonyl (C=O) groups is 1. The number of nitrogens with two attached hydrogens (primary N) is 1. The summed E-state index contributed by atoms with van der Waals surface area (Å²) in [5, 5.41) is 7.16. The maximum atomic E-state index is 12.3. The zero-order chi connectivity index (χ0) is 14.0. The Kier molecular flexibility index (Phi) is 3.40. The molecule has 0 bridgehead atoms. The first-order chi connectivity index (χ1) is 9.74. The summed E-state index contributed by atoms with van der Waals surface area (Å²) in [6, 6.07) is 0. The third-order valence-corrected chi connectivity index (χ3v) is 4.29. The van der Waals surface area contributed by atoms with Gasteiger partial charge in [-0.2, -0.15) is 5.10 Å². The van der Waals surface area contributed by atoms with Crippen molar-refractivity contribution in [2.24, 2.45) is 11.1 Å². The molecule has 2 aromatic heterocycles. The third-order valence-electron chi connectivity index (χ3n) is 4.29. The third kappa shape index (κ3) is 2.27. The van der Waals surface area contributed by atoms with E-state index in [0.29, 0.717) is 18.7 Å². The summed E-state index contributed by atoms with van der Waals surface area (Å²) in [5.41, 5.74) is 7.25. The van der Waals surface area contributed by atoms with Gasteiger partial charge in [0, 0.05) is 18.9 Å². The molecule has 6 heteroatoms. The fraction of sp³-hybridized carbons (Fsp3) is 0.500. The van der Waals surface area contributed by atoms with Gasteiger partial charge in [0.15, 0.2) is 0 Å². The normalized spacial score (nSPS) is 17.4. The molecular weight excluding hydrogens is 254 g/mol. The Bertz CT molecular complexity index is 615. The Balaban J connectivity index is 1.73. The van der Waals surface area contributed by atoms with E-state index < -0.39 is 0 Å². The van der Waals surface area contributed by atoms with Crippen molar-refractivity contribution in [3.05, 3.63) is 30.4 Å². The van der Waals surface area contributed by atoms with Crippen LogP contribution < -0.4 is 11.1 Å². The standard InChI is InChI=1S/C14H19N5O/c15-9-14(3-1-2-4-14)10-17-13(20)11-7-18-19-6-5-16-8-12(11)19/h5-8H,1-4,9-10,15H2,(H,17,20). The van der Waals surface area contributed by atoms with Crippen LogP contribution in [0, 0.1) is 5.41 Å². The number of aromatic nitrogens is 3. The van der Waals surface area contributed by atoms with Crippen LogP contribution in [0.4, 0.5) is 0 Å². The Morgan fingerprint density at radius 1 is 1.40 bits per heavy atom. The molecule has 0 radical (unpaired) electrons. The van der Waals surface area contributed by atoms with Crippen molar-refractivity contribution >= 4 is 11.4 Å². The minimum Gasteiger partial charge on any atom is -0.351 e.